The van der Waals surface area contributed by atoms with Crippen LogP contribution in [0.5, 0.6) is 0 Å². The van der Waals surface area contributed by atoms with Gasteiger partial charge >= 0.3 is 0 Å². The summed E-state index contributed by atoms with van der Waals surface area (Å²) in [6.45, 7) is 3.00. The van der Waals surface area contributed by atoms with Crippen LogP contribution < -0.4 is 5.32 Å². The molecule has 6 heteroatoms. The van der Waals surface area contributed by atoms with E-state index < -0.39 is 0 Å². The summed E-state index contributed by atoms with van der Waals surface area (Å²) in [5, 5.41) is 7.63. The van der Waals surface area contributed by atoms with E-state index in [0.717, 1.165) is 16.7 Å². The van der Waals surface area contributed by atoms with Crippen LogP contribution in [0.15, 0.2) is 21.4 Å². The van der Waals surface area contributed by atoms with Crippen LogP contribution in [0.2, 0.25) is 0 Å². The number of halogens is 1. The molecule has 0 radical (unpaired) electrons. The average Bonchev–Trinajstić information content (AvgIpc) is 2.85. The van der Waals surface area contributed by atoms with E-state index in [0.29, 0.717) is 0 Å². The molecule has 0 aliphatic carbocycles. The molecule has 3 nitrogen and oxygen atoms in total. The van der Waals surface area contributed by atoms with Gasteiger partial charge in [-0.25, -0.2) is 0 Å². The molecule has 0 aliphatic rings. The van der Waals surface area contributed by atoms with Gasteiger partial charge in [-0.05, 0) is 27.9 Å². The molecule has 1 N–H and O–H groups in total. The van der Waals surface area contributed by atoms with Gasteiger partial charge in [0.2, 0.25) is 0 Å². The zero-order chi connectivity index (χ0) is 10.7. The van der Waals surface area contributed by atoms with Gasteiger partial charge in [-0.3, -0.25) is 0 Å². The fourth-order valence-electron chi connectivity index (χ4n) is 1.37. The molecule has 2 rings (SSSR count). The summed E-state index contributed by atoms with van der Waals surface area (Å²) in [5.41, 5.74) is 2.22. The molecule has 0 aliphatic heterocycles. The van der Waals surface area contributed by atoms with Crippen LogP contribution in [-0.4, -0.2) is 15.3 Å². The molecular weight excluding hydrogens is 294 g/mol. The summed E-state index contributed by atoms with van der Waals surface area (Å²) in [4.78, 5) is 0. The van der Waals surface area contributed by atoms with Crippen LogP contribution in [0.25, 0.3) is 0 Å². The Kier molecular flexibility index (Phi) is 3.85. The van der Waals surface area contributed by atoms with E-state index in [-0.39, 0.29) is 6.04 Å². The standard InChI is InChI=1S/C9H10BrN3S2/c1-2-11-9(8-3-12-15-13-8)6-4-14-5-7(6)10/h3-5,9,11H,2H2,1H3. The number of thiophene rings is 1. The van der Waals surface area contributed by atoms with Gasteiger partial charge in [-0.2, -0.15) is 20.1 Å². The zero-order valence-corrected chi connectivity index (χ0v) is 11.3. The van der Waals surface area contributed by atoms with Gasteiger partial charge in [-0.15, -0.1) is 0 Å². The summed E-state index contributed by atoms with van der Waals surface area (Å²) >= 11 is 6.48. The lowest BCUT2D eigenvalue weighted by Gasteiger charge is -2.14. The van der Waals surface area contributed by atoms with E-state index in [2.05, 4.69) is 47.7 Å². The van der Waals surface area contributed by atoms with Crippen molar-refractivity contribution in [3.63, 3.8) is 0 Å². The summed E-state index contributed by atoms with van der Waals surface area (Å²) < 4.78 is 9.46. The first-order valence-electron chi connectivity index (χ1n) is 4.55. The highest BCUT2D eigenvalue weighted by atomic mass is 79.9. The largest absolute Gasteiger partial charge is 0.305 e. The molecule has 1 unspecified atom stereocenters. The predicted molar refractivity (Wildman–Crippen MR) is 67.4 cm³/mol. The minimum atomic E-state index is 0.148. The first-order valence-corrected chi connectivity index (χ1v) is 7.02. The van der Waals surface area contributed by atoms with Crippen molar-refractivity contribution in [3.05, 3.63) is 32.7 Å². The van der Waals surface area contributed by atoms with Gasteiger partial charge in [-0.1, -0.05) is 6.92 Å². The molecular formula is C9H10BrN3S2. The Bertz CT molecular complexity index is 413. The maximum absolute atomic E-state index is 4.28. The quantitative estimate of drug-likeness (QED) is 0.943. The van der Waals surface area contributed by atoms with Gasteiger partial charge in [0.25, 0.3) is 0 Å². The SMILES string of the molecule is CCNC(c1cnsn1)c1cscc1Br. The van der Waals surface area contributed by atoms with Crippen molar-refractivity contribution < 1.29 is 0 Å². The Morgan fingerprint density at radius 2 is 2.40 bits per heavy atom. The minimum absolute atomic E-state index is 0.148. The number of hydrogen-bond donors (Lipinski definition) is 1. The summed E-state index contributed by atoms with van der Waals surface area (Å²) in [6.07, 6.45) is 1.82. The molecule has 15 heavy (non-hydrogen) atoms. The molecule has 0 saturated heterocycles. The van der Waals surface area contributed by atoms with Crippen LogP contribution in [0.3, 0.4) is 0 Å². The van der Waals surface area contributed by atoms with Crippen LogP contribution in [-0.2, 0) is 0 Å². The Hall–Kier alpha value is -0.300. The Morgan fingerprint density at radius 3 is 2.93 bits per heavy atom. The molecule has 0 saturated carbocycles. The van der Waals surface area contributed by atoms with Crippen molar-refractivity contribution in [1.82, 2.24) is 14.1 Å². The molecule has 2 aromatic rings. The van der Waals surface area contributed by atoms with E-state index in [1.54, 1.807) is 11.3 Å². The van der Waals surface area contributed by atoms with Crippen LogP contribution in [0.1, 0.15) is 24.2 Å². The Morgan fingerprint density at radius 1 is 1.53 bits per heavy atom. The van der Waals surface area contributed by atoms with Crippen molar-refractivity contribution in [2.75, 3.05) is 6.54 Å². The summed E-state index contributed by atoms with van der Waals surface area (Å²) in [6, 6.07) is 0.148. The number of nitrogens with zero attached hydrogens (tertiary/aromatic N) is 2. The molecule has 1 atom stereocenters. The molecule has 0 bridgehead atoms. The Labute approximate surface area is 105 Å². The first-order chi connectivity index (χ1) is 7.33. The maximum atomic E-state index is 4.28. The summed E-state index contributed by atoms with van der Waals surface area (Å²) in [5.74, 6) is 0. The first kappa shape index (κ1) is 11.2. The van der Waals surface area contributed by atoms with Gasteiger partial charge in [0, 0.05) is 15.4 Å². The zero-order valence-electron chi connectivity index (χ0n) is 8.11. The van der Waals surface area contributed by atoms with Crippen LogP contribution >= 0.6 is 39.0 Å². The number of aromatic nitrogens is 2. The van der Waals surface area contributed by atoms with Gasteiger partial charge < -0.3 is 5.32 Å². The van der Waals surface area contributed by atoms with E-state index in [4.69, 9.17) is 0 Å². The predicted octanol–water partition coefficient (Wildman–Crippen LogP) is 3.06. The topological polar surface area (TPSA) is 37.8 Å². The van der Waals surface area contributed by atoms with E-state index in [1.165, 1.54) is 17.3 Å². The second-order valence-corrected chi connectivity index (χ2v) is 5.15. The van der Waals surface area contributed by atoms with E-state index in [9.17, 15) is 0 Å². The second-order valence-electron chi connectivity index (χ2n) is 3.00. The highest BCUT2D eigenvalue weighted by molar-refractivity contribution is 9.10. The summed E-state index contributed by atoms with van der Waals surface area (Å²) in [7, 11) is 0. The van der Waals surface area contributed by atoms with Gasteiger partial charge in [0.15, 0.2) is 0 Å². The molecule has 0 amide bonds. The highest BCUT2D eigenvalue weighted by Gasteiger charge is 2.18. The molecule has 0 aromatic carbocycles. The molecule has 0 spiro atoms. The van der Waals surface area contributed by atoms with Crippen molar-refractivity contribution in [1.29, 1.82) is 0 Å². The number of rotatable bonds is 4. The second kappa shape index (κ2) is 5.16. The van der Waals surface area contributed by atoms with Crippen molar-refractivity contribution in [2.45, 2.75) is 13.0 Å². The van der Waals surface area contributed by atoms with E-state index in [1.807, 2.05) is 6.20 Å². The fraction of sp³-hybridized carbons (Fsp3) is 0.333. The van der Waals surface area contributed by atoms with Crippen LogP contribution in [0.4, 0.5) is 0 Å². The molecule has 2 heterocycles. The van der Waals surface area contributed by atoms with Crippen LogP contribution in [0, 0.1) is 0 Å². The minimum Gasteiger partial charge on any atom is -0.305 e. The number of hydrogen-bond acceptors (Lipinski definition) is 5. The molecule has 0 fully saturated rings. The third-order valence-electron chi connectivity index (χ3n) is 2.04. The third kappa shape index (κ3) is 2.44. The highest BCUT2D eigenvalue weighted by Crippen LogP contribution is 2.30. The monoisotopic (exact) mass is 303 g/mol. The normalized spacial score (nSPS) is 12.9. The van der Waals surface area contributed by atoms with Crippen molar-refractivity contribution >= 4 is 39.0 Å². The third-order valence-corrected chi connectivity index (χ3v) is 4.28. The lowest BCUT2D eigenvalue weighted by molar-refractivity contribution is 0.620. The van der Waals surface area contributed by atoms with Crippen molar-refractivity contribution in [2.24, 2.45) is 0 Å². The van der Waals surface area contributed by atoms with Crippen molar-refractivity contribution in [3.8, 4) is 0 Å². The lowest BCUT2D eigenvalue weighted by Crippen LogP contribution is -2.22. The van der Waals surface area contributed by atoms with E-state index >= 15 is 0 Å². The molecule has 2 aromatic heterocycles. The Balaban J connectivity index is 2.32. The van der Waals surface area contributed by atoms with Gasteiger partial charge in [0.1, 0.15) is 0 Å². The molecule has 80 valence electrons. The lowest BCUT2D eigenvalue weighted by atomic mass is 10.1. The van der Waals surface area contributed by atoms with Gasteiger partial charge in [0.05, 0.1) is 29.7 Å². The maximum Gasteiger partial charge on any atom is 0.0958 e. The fourth-order valence-corrected chi connectivity index (χ4v) is 3.38. The number of nitrogens with one attached hydrogen (secondary N) is 1. The average molecular weight is 304 g/mol. The smallest absolute Gasteiger partial charge is 0.0958 e.